The van der Waals surface area contributed by atoms with Gasteiger partial charge in [0.05, 0.1) is 13.0 Å². The van der Waals surface area contributed by atoms with Crippen molar-refractivity contribution in [1.82, 2.24) is 4.98 Å². The van der Waals surface area contributed by atoms with Gasteiger partial charge in [-0.25, -0.2) is 0 Å². The van der Waals surface area contributed by atoms with Crippen LogP contribution < -0.4 is 4.90 Å². The summed E-state index contributed by atoms with van der Waals surface area (Å²) in [6.45, 7) is 0.458. The summed E-state index contributed by atoms with van der Waals surface area (Å²) < 4.78 is 0. The molecule has 1 aromatic heterocycles. The van der Waals surface area contributed by atoms with Crippen molar-refractivity contribution in [1.29, 1.82) is 0 Å². The molecular weight excluding hydrogens is 320 g/mol. The normalized spacial score (nSPS) is 10.4. The van der Waals surface area contributed by atoms with Crippen LogP contribution >= 0.6 is 11.6 Å². The van der Waals surface area contributed by atoms with Crippen LogP contribution in [-0.2, 0) is 17.8 Å². The molecule has 24 heavy (non-hydrogen) atoms. The lowest BCUT2D eigenvalue weighted by molar-refractivity contribution is -0.118. The van der Waals surface area contributed by atoms with Crippen molar-refractivity contribution in [2.75, 3.05) is 4.90 Å². The molecule has 4 heteroatoms. The second-order valence-corrected chi connectivity index (χ2v) is 5.92. The van der Waals surface area contributed by atoms with E-state index in [0.29, 0.717) is 18.0 Å². The van der Waals surface area contributed by atoms with Crippen LogP contribution in [0.1, 0.15) is 11.1 Å². The molecule has 0 aliphatic heterocycles. The average molecular weight is 337 g/mol. The van der Waals surface area contributed by atoms with Gasteiger partial charge in [-0.3, -0.25) is 9.78 Å². The fraction of sp³-hybridized carbons (Fsp3) is 0.100. The van der Waals surface area contributed by atoms with Gasteiger partial charge in [0.2, 0.25) is 5.91 Å². The Labute approximate surface area is 146 Å². The first-order valence-corrected chi connectivity index (χ1v) is 8.09. The second kappa shape index (κ2) is 7.75. The highest BCUT2D eigenvalue weighted by Crippen LogP contribution is 2.22. The Hall–Kier alpha value is -2.65. The molecule has 0 saturated heterocycles. The Morgan fingerprint density at radius 3 is 2.46 bits per heavy atom. The van der Waals surface area contributed by atoms with Crippen LogP contribution in [0.25, 0.3) is 0 Å². The maximum atomic E-state index is 12.9. The van der Waals surface area contributed by atoms with Gasteiger partial charge in [-0.1, -0.05) is 54.1 Å². The molecule has 1 heterocycles. The Bertz CT molecular complexity index is 806. The average Bonchev–Trinajstić information content (AvgIpc) is 2.61. The first-order chi connectivity index (χ1) is 11.7. The third kappa shape index (κ3) is 4.21. The number of hydrogen-bond acceptors (Lipinski definition) is 2. The number of carbonyl (C=O) groups is 1. The number of hydrogen-bond donors (Lipinski definition) is 0. The van der Waals surface area contributed by atoms with Crippen molar-refractivity contribution in [2.45, 2.75) is 13.0 Å². The Kier molecular flexibility index (Phi) is 5.24. The quantitative estimate of drug-likeness (QED) is 0.686. The minimum Gasteiger partial charge on any atom is -0.308 e. The number of pyridine rings is 1. The predicted octanol–water partition coefficient (Wildman–Crippen LogP) is 4.51. The van der Waals surface area contributed by atoms with E-state index in [4.69, 9.17) is 11.6 Å². The fourth-order valence-corrected chi connectivity index (χ4v) is 2.69. The SMILES string of the molecule is O=C(Cc1ccccc1)N(Cc1cccnc1)c1cccc(Cl)c1. The molecule has 3 nitrogen and oxygen atoms in total. The fourth-order valence-electron chi connectivity index (χ4n) is 2.51. The number of amides is 1. The molecule has 0 aliphatic carbocycles. The third-order valence-corrected chi connectivity index (χ3v) is 3.92. The first-order valence-electron chi connectivity index (χ1n) is 7.71. The predicted molar refractivity (Wildman–Crippen MR) is 97.0 cm³/mol. The number of benzene rings is 2. The molecule has 0 bridgehead atoms. The molecule has 3 aromatic rings. The zero-order valence-corrected chi connectivity index (χ0v) is 13.9. The van der Waals surface area contributed by atoms with E-state index in [1.165, 1.54) is 0 Å². The van der Waals surface area contributed by atoms with Crippen molar-refractivity contribution in [3.63, 3.8) is 0 Å². The highest BCUT2D eigenvalue weighted by atomic mass is 35.5. The van der Waals surface area contributed by atoms with Crippen LogP contribution in [0, 0.1) is 0 Å². The van der Waals surface area contributed by atoms with Gasteiger partial charge in [0.25, 0.3) is 0 Å². The van der Waals surface area contributed by atoms with Crippen LogP contribution in [0.3, 0.4) is 0 Å². The summed E-state index contributed by atoms with van der Waals surface area (Å²) in [6.07, 6.45) is 3.83. The van der Waals surface area contributed by atoms with Crippen molar-refractivity contribution in [3.05, 3.63) is 95.3 Å². The third-order valence-electron chi connectivity index (χ3n) is 3.68. The minimum absolute atomic E-state index is 0.0207. The Balaban J connectivity index is 1.87. The van der Waals surface area contributed by atoms with E-state index in [2.05, 4.69) is 4.98 Å². The van der Waals surface area contributed by atoms with Crippen LogP contribution in [0.15, 0.2) is 79.1 Å². The van der Waals surface area contributed by atoms with Crippen molar-refractivity contribution < 1.29 is 4.79 Å². The van der Waals surface area contributed by atoms with Gasteiger partial charge in [0, 0.05) is 23.1 Å². The van der Waals surface area contributed by atoms with E-state index >= 15 is 0 Å². The maximum Gasteiger partial charge on any atom is 0.231 e. The topological polar surface area (TPSA) is 33.2 Å². The summed E-state index contributed by atoms with van der Waals surface area (Å²) in [5.74, 6) is 0.0207. The highest BCUT2D eigenvalue weighted by molar-refractivity contribution is 6.30. The van der Waals surface area contributed by atoms with E-state index in [-0.39, 0.29) is 5.91 Å². The largest absolute Gasteiger partial charge is 0.308 e. The number of nitrogens with zero attached hydrogens (tertiary/aromatic N) is 2. The molecule has 1 amide bonds. The molecule has 0 saturated carbocycles. The summed E-state index contributed by atoms with van der Waals surface area (Å²) >= 11 is 6.11. The zero-order chi connectivity index (χ0) is 16.8. The van der Waals surface area contributed by atoms with Gasteiger partial charge < -0.3 is 4.90 Å². The van der Waals surface area contributed by atoms with E-state index in [9.17, 15) is 4.79 Å². The molecule has 0 atom stereocenters. The number of halogens is 1. The lowest BCUT2D eigenvalue weighted by Crippen LogP contribution is -2.31. The highest BCUT2D eigenvalue weighted by Gasteiger charge is 2.17. The van der Waals surface area contributed by atoms with Gasteiger partial charge in [-0.05, 0) is 35.4 Å². The van der Waals surface area contributed by atoms with Crippen LogP contribution in [0.5, 0.6) is 0 Å². The molecule has 3 rings (SSSR count). The van der Waals surface area contributed by atoms with Crippen molar-refractivity contribution >= 4 is 23.2 Å². The lowest BCUT2D eigenvalue weighted by atomic mass is 10.1. The van der Waals surface area contributed by atoms with E-state index < -0.39 is 0 Å². The van der Waals surface area contributed by atoms with Crippen LogP contribution in [-0.4, -0.2) is 10.9 Å². The number of aromatic nitrogens is 1. The van der Waals surface area contributed by atoms with E-state index in [1.54, 1.807) is 29.4 Å². The molecule has 0 fully saturated rings. The Morgan fingerprint density at radius 1 is 0.958 bits per heavy atom. The van der Waals surface area contributed by atoms with Gasteiger partial charge >= 0.3 is 0 Å². The van der Waals surface area contributed by atoms with Gasteiger partial charge in [-0.15, -0.1) is 0 Å². The Morgan fingerprint density at radius 2 is 1.75 bits per heavy atom. The summed E-state index contributed by atoms with van der Waals surface area (Å²) in [5, 5.41) is 0.608. The second-order valence-electron chi connectivity index (χ2n) is 5.48. The zero-order valence-electron chi connectivity index (χ0n) is 13.1. The molecule has 0 aliphatic rings. The van der Waals surface area contributed by atoms with Crippen molar-refractivity contribution in [3.8, 4) is 0 Å². The molecule has 0 radical (unpaired) electrons. The molecule has 120 valence electrons. The first kappa shape index (κ1) is 16.2. The van der Waals surface area contributed by atoms with Crippen LogP contribution in [0.4, 0.5) is 5.69 Å². The smallest absolute Gasteiger partial charge is 0.231 e. The lowest BCUT2D eigenvalue weighted by Gasteiger charge is -2.23. The summed E-state index contributed by atoms with van der Waals surface area (Å²) in [5.41, 5.74) is 2.74. The van der Waals surface area contributed by atoms with Gasteiger partial charge in [0.1, 0.15) is 0 Å². The summed E-state index contributed by atoms with van der Waals surface area (Å²) in [6, 6.07) is 20.9. The molecule has 2 aromatic carbocycles. The van der Waals surface area contributed by atoms with E-state index in [1.807, 2.05) is 54.6 Å². The molecule has 0 unspecified atom stereocenters. The monoisotopic (exact) mass is 336 g/mol. The number of anilines is 1. The molecular formula is C20H17ClN2O. The van der Waals surface area contributed by atoms with Gasteiger partial charge in [0.15, 0.2) is 0 Å². The summed E-state index contributed by atoms with van der Waals surface area (Å²) in [4.78, 5) is 18.8. The van der Waals surface area contributed by atoms with E-state index in [0.717, 1.165) is 16.8 Å². The summed E-state index contributed by atoms with van der Waals surface area (Å²) in [7, 11) is 0. The molecule has 0 N–H and O–H groups in total. The van der Waals surface area contributed by atoms with Crippen LogP contribution in [0.2, 0.25) is 5.02 Å². The number of rotatable bonds is 5. The molecule has 0 spiro atoms. The standard InChI is InChI=1S/C20H17ClN2O/c21-18-9-4-10-19(13-18)23(15-17-8-5-11-22-14-17)20(24)12-16-6-2-1-3-7-16/h1-11,13-14H,12,15H2. The van der Waals surface area contributed by atoms with Gasteiger partial charge in [-0.2, -0.15) is 0 Å². The van der Waals surface area contributed by atoms with Crippen molar-refractivity contribution in [2.24, 2.45) is 0 Å². The maximum absolute atomic E-state index is 12.9. The minimum atomic E-state index is 0.0207. The number of carbonyl (C=O) groups excluding carboxylic acids is 1.